The average molecular weight is 323 g/mol. The van der Waals surface area contributed by atoms with E-state index in [1.54, 1.807) is 0 Å². The number of aryl methyl sites for hydroxylation is 2. The second-order valence-electron chi connectivity index (χ2n) is 5.10. The van der Waals surface area contributed by atoms with Gasteiger partial charge in [0.1, 0.15) is 4.88 Å². The molecule has 0 spiro atoms. The van der Waals surface area contributed by atoms with E-state index in [9.17, 15) is 4.79 Å². The molecule has 2 aromatic rings. The molecule has 2 rings (SSSR count). The molecule has 2 aromatic heterocycles. The molecule has 1 unspecified atom stereocenters. The first-order valence-corrected chi connectivity index (χ1v) is 8.96. The molecule has 0 aromatic carbocycles. The van der Waals surface area contributed by atoms with Crippen LogP contribution in [0.1, 0.15) is 34.9 Å². The molecule has 0 fully saturated rings. The minimum Gasteiger partial charge on any atom is -0.397 e. The van der Waals surface area contributed by atoms with E-state index in [-0.39, 0.29) is 11.9 Å². The lowest BCUT2D eigenvalue weighted by Crippen LogP contribution is -2.34. The van der Waals surface area contributed by atoms with Crippen LogP contribution in [0, 0.1) is 13.8 Å². The number of aromatic nitrogens is 1. The molecule has 0 bridgehead atoms. The van der Waals surface area contributed by atoms with E-state index in [1.165, 1.54) is 11.3 Å². The second kappa shape index (κ2) is 6.66. The smallest absolute Gasteiger partial charge is 0.263 e. The molecular weight excluding hydrogens is 302 g/mol. The number of nitrogen functional groups attached to an aromatic ring is 1. The van der Waals surface area contributed by atoms with Crippen LogP contribution in [0.25, 0.3) is 10.1 Å². The number of thiophene rings is 1. The quantitative estimate of drug-likeness (QED) is 0.885. The van der Waals surface area contributed by atoms with Crippen molar-refractivity contribution >= 4 is 44.8 Å². The first-order valence-electron chi connectivity index (χ1n) is 6.98. The van der Waals surface area contributed by atoms with Gasteiger partial charge in [-0.25, -0.2) is 0 Å². The minimum atomic E-state index is -0.0880. The van der Waals surface area contributed by atoms with Gasteiger partial charge >= 0.3 is 0 Å². The standard InChI is InChI=1S/C15H21N3OS2/c1-5-20-7-9(3)18-15(19)14-13(16)12-10(4)17-8(2)6-11(12)21-14/h6,9H,5,7,16H2,1-4H3,(H,18,19). The van der Waals surface area contributed by atoms with Crippen LogP contribution < -0.4 is 11.1 Å². The normalized spacial score (nSPS) is 12.6. The van der Waals surface area contributed by atoms with Crippen LogP contribution in [0.15, 0.2) is 6.07 Å². The van der Waals surface area contributed by atoms with E-state index in [4.69, 9.17) is 5.73 Å². The van der Waals surface area contributed by atoms with Crippen molar-refractivity contribution in [1.29, 1.82) is 0 Å². The van der Waals surface area contributed by atoms with Crippen molar-refractivity contribution in [3.63, 3.8) is 0 Å². The number of nitrogens with two attached hydrogens (primary N) is 1. The van der Waals surface area contributed by atoms with Gasteiger partial charge in [0.25, 0.3) is 5.91 Å². The molecule has 0 radical (unpaired) electrons. The number of hydrogen-bond donors (Lipinski definition) is 2. The van der Waals surface area contributed by atoms with Crippen LogP contribution >= 0.6 is 23.1 Å². The maximum Gasteiger partial charge on any atom is 0.263 e. The largest absolute Gasteiger partial charge is 0.397 e. The number of nitrogens with zero attached hydrogens (tertiary/aromatic N) is 1. The highest BCUT2D eigenvalue weighted by Crippen LogP contribution is 2.35. The van der Waals surface area contributed by atoms with Crippen molar-refractivity contribution in [2.45, 2.75) is 33.7 Å². The Balaban J connectivity index is 2.28. The fourth-order valence-corrected chi connectivity index (χ4v) is 4.12. The number of fused-ring (bicyclic) bond motifs is 1. The molecular formula is C15H21N3OS2. The number of pyridine rings is 1. The van der Waals surface area contributed by atoms with Crippen LogP contribution in [0.3, 0.4) is 0 Å². The monoisotopic (exact) mass is 323 g/mol. The summed E-state index contributed by atoms with van der Waals surface area (Å²) in [5.41, 5.74) is 8.55. The van der Waals surface area contributed by atoms with E-state index in [2.05, 4.69) is 17.2 Å². The highest BCUT2D eigenvalue weighted by molar-refractivity contribution is 7.99. The van der Waals surface area contributed by atoms with Gasteiger partial charge in [-0.3, -0.25) is 9.78 Å². The van der Waals surface area contributed by atoms with Crippen molar-refractivity contribution in [3.05, 3.63) is 22.3 Å². The summed E-state index contributed by atoms with van der Waals surface area (Å²) in [6.07, 6.45) is 0. The van der Waals surface area contributed by atoms with Crippen LogP contribution in [0.4, 0.5) is 5.69 Å². The summed E-state index contributed by atoms with van der Waals surface area (Å²) in [5, 5.41) is 3.93. The lowest BCUT2D eigenvalue weighted by molar-refractivity contribution is 0.0948. The number of anilines is 1. The first-order chi connectivity index (χ1) is 9.93. The Bertz CT molecular complexity index is 666. The van der Waals surface area contributed by atoms with E-state index >= 15 is 0 Å². The molecule has 0 saturated carbocycles. The van der Waals surface area contributed by atoms with Gasteiger partial charge in [-0.15, -0.1) is 11.3 Å². The second-order valence-corrected chi connectivity index (χ2v) is 7.47. The summed E-state index contributed by atoms with van der Waals surface area (Å²) < 4.78 is 1.03. The Labute approximate surface area is 133 Å². The highest BCUT2D eigenvalue weighted by atomic mass is 32.2. The molecule has 6 heteroatoms. The summed E-state index contributed by atoms with van der Waals surface area (Å²) >= 11 is 3.26. The summed E-state index contributed by atoms with van der Waals surface area (Å²) in [4.78, 5) is 17.4. The Morgan fingerprint density at radius 1 is 1.52 bits per heavy atom. The van der Waals surface area contributed by atoms with E-state index in [0.717, 1.165) is 33.0 Å². The van der Waals surface area contributed by atoms with Gasteiger partial charge in [0.2, 0.25) is 0 Å². The molecule has 0 aliphatic heterocycles. The number of nitrogens with one attached hydrogen (secondary N) is 1. The number of rotatable bonds is 5. The molecule has 0 saturated heterocycles. The van der Waals surface area contributed by atoms with Crippen LogP contribution in [0.5, 0.6) is 0 Å². The summed E-state index contributed by atoms with van der Waals surface area (Å²) in [7, 11) is 0. The van der Waals surface area contributed by atoms with Gasteiger partial charge in [-0.05, 0) is 32.6 Å². The number of carbonyl (C=O) groups is 1. The number of carbonyl (C=O) groups excluding carboxylic acids is 1. The third kappa shape index (κ3) is 3.49. The molecule has 114 valence electrons. The molecule has 3 N–H and O–H groups in total. The maximum absolute atomic E-state index is 12.4. The van der Waals surface area contributed by atoms with Crippen molar-refractivity contribution in [2.75, 3.05) is 17.2 Å². The summed E-state index contributed by atoms with van der Waals surface area (Å²) in [6, 6.07) is 2.12. The molecule has 1 amide bonds. The van der Waals surface area contributed by atoms with Crippen LogP contribution in [0.2, 0.25) is 0 Å². The Morgan fingerprint density at radius 3 is 2.90 bits per heavy atom. The third-order valence-corrected chi connectivity index (χ3v) is 5.47. The molecule has 0 aliphatic rings. The van der Waals surface area contributed by atoms with Crippen LogP contribution in [-0.2, 0) is 0 Å². The van der Waals surface area contributed by atoms with E-state index in [1.807, 2.05) is 38.6 Å². The zero-order chi connectivity index (χ0) is 15.6. The van der Waals surface area contributed by atoms with Gasteiger partial charge < -0.3 is 11.1 Å². The first kappa shape index (κ1) is 16.1. The van der Waals surface area contributed by atoms with Gasteiger partial charge in [-0.2, -0.15) is 11.8 Å². The fraction of sp³-hybridized carbons (Fsp3) is 0.467. The Morgan fingerprint density at radius 2 is 2.24 bits per heavy atom. The topological polar surface area (TPSA) is 68.0 Å². The maximum atomic E-state index is 12.4. The predicted molar refractivity (Wildman–Crippen MR) is 93.4 cm³/mol. The zero-order valence-electron chi connectivity index (χ0n) is 12.8. The van der Waals surface area contributed by atoms with Crippen molar-refractivity contribution in [1.82, 2.24) is 10.3 Å². The van der Waals surface area contributed by atoms with Crippen molar-refractivity contribution < 1.29 is 4.79 Å². The number of hydrogen-bond acceptors (Lipinski definition) is 5. The minimum absolute atomic E-state index is 0.0880. The average Bonchev–Trinajstić information content (AvgIpc) is 2.73. The molecule has 2 heterocycles. The summed E-state index contributed by atoms with van der Waals surface area (Å²) in [5.74, 6) is 1.87. The van der Waals surface area contributed by atoms with Crippen LogP contribution in [-0.4, -0.2) is 28.4 Å². The van der Waals surface area contributed by atoms with Crippen molar-refractivity contribution in [2.24, 2.45) is 0 Å². The Hall–Kier alpha value is -1.27. The summed E-state index contributed by atoms with van der Waals surface area (Å²) in [6.45, 7) is 8.01. The number of amides is 1. The predicted octanol–water partition coefficient (Wildman–Crippen LogP) is 3.37. The van der Waals surface area contributed by atoms with E-state index < -0.39 is 0 Å². The molecule has 4 nitrogen and oxygen atoms in total. The molecule has 1 atom stereocenters. The fourth-order valence-electron chi connectivity index (χ4n) is 2.27. The Kier molecular flexibility index (Phi) is 5.11. The highest BCUT2D eigenvalue weighted by Gasteiger charge is 2.19. The van der Waals surface area contributed by atoms with Gasteiger partial charge in [0, 0.05) is 33.3 Å². The van der Waals surface area contributed by atoms with Gasteiger partial charge in [0.05, 0.1) is 5.69 Å². The van der Waals surface area contributed by atoms with Crippen molar-refractivity contribution in [3.8, 4) is 0 Å². The lowest BCUT2D eigenvalue weighted by atomic mass is 10.2. The molecule has 21 heavy (non-hydrogen) atoms. The molecule has 0 aliphatic carbocycles. The van der Waals surface area contributed by atoms with E-state index in [0.29, 0.717) is 10.6 Å². The van der Waals surface area contributed by atoms with Gasteiger partial charge in [0.15, 0.2) is 0 Å². The zero-order valence-corrected chi connectivity index (χ0v) is 14.5. The third-order valence-electron chi connectivity index (χ3n) is 3.17. The van der Waals surface area contributed by atoms with Gasteiger partial charge in [-0.1, -0.05) is 6.92 Å². The number of thioether (sulfide) groups is 1. The SMILES string of the molecule is CCSCC(C)NC(=O)c1sc2cc(C)nc(C)c2c1N. The lowest BCUT2D eigenvalue weighted by Gasteiger charge is -2.12.